The number of ether oxygens (including phenoxy) is 1. The van der Waals surface area contributed by atoms with Crippen molar-refractivity contribution in [2.24, 2.45) is 0 Å². The second kappa shape index (κ2) is 7.88. The Hall–Kier alpha value is -1.35. The average molecular weight is 249 g/mol. The lowest BCUT2D eigenvalue weighted by atomic mass is 10.1. The lowest BCUT2D eigenvalue weighted by Crippen LogP contribution is -2.19. The van der Waals surface area contributed by atoms with Gasteiger partial charge in [0.1, 0.15) is 11.5 Å². The third-order valence-electron chi connectivity index (χ3n) is 2.93. The van der Waals surface area contributed by atoms with Gasteiger partial charge in [-0.2, -0.15) is 0 Å². The van der Waals surface area contributed by atoms with Crippen molar-refractivity contribution < 1.29 is 9.53 Å². The molecule has 0 spiro atoms. The number of rotatable bonds is 8. The molecule has 0 aliphatic rings. The number of carbonyl (C=O) groups excluding carboxylic acids is 1. The lowest BCUT2D eigenvalue weighted by Gasteiger charge is -2.08. The molecule has 0 bridgehead atoms. The van der Waals surface area contributed by atoms with Gasteiger partial charge in [-0.15, -0.1) is 0 Å². The molecule has 100 valence electrons. The summed E-state index contributed by atoms with van der Waals surface area (Å²) in [5.74, 6) is 1.20. The van der Waals surface area contributed by atoms with E-state index in [0.29, 0.717) is 6.42 Å². The molecule has 0 fully saturated rings. The second-order valence-electron chi connectivity index (χ2n) is 4.61. The van der Waals surface area contributed by atoms with Crippen molar-refractivity contribution in [1.29, 1.82) is 0 Å². The standard InChI is InChI=1S/C15H23NO2/c1-12-11-14(6-7-15(12)18-3)8-10-16-9-4-5-13(2)17/h6-7,11,16H,4-5,8-10H2,1-3H3. The molecule has 0 radical (unpaired) electrons. The predicted molar refractivity (Wildman–Crippen MR) is 74.2 cm³/mol. The van der Waals surface area contributed by atoms with Crippen LogP contribution in [0.4, 0.5) is 0 Å². The zero-order chi connectivity index (χ0) is 13.4. The van der Waals surface area contributed by atoms with Gasteiger partial charge in [-0.1, -0.05) is 12.1 Å². The second-order valence-corrected chi connectivity index (χ2v) is 4.61. The quantitative estimate of drug-likeness (QED) is 0.719. The molecule has 18 heavy (non-hydrogen) atoms. The molecule has 0 amide bonds. The summed E-state index contributed by atoms with van der Waals surface area (Å²) >= 11 is 0. The minimum absolute atomic E-state index is 0.266. The molecule has 3 nitrogen and oxygen atoms in total. The Balaban J connectivity index is 2.23. The highest BCUT2D eigenvalue weighted by Gasteiger charge is 2.00. The van der Waals surface area contributed by atoms with Gasteiger partial charge in [0.05, 0.1) is 7.11 Å². The first-order chi connectivity index (χ1) is 8.63. The number of Topliss-reactive ketones (excluding diaryl/α,β-unsaturated/α-hetero) is 1. The van der Waals surface area contributed by atoms with Crippen molar-refractivity contribution in [1.82, 2.24) is 5.32 Å². The first-order valence-corrected chi connectivity index (χ1v) is 6.47. The van der Waals surface area contributed by atoms with E-state index in [9.17, 15) is 4.79 Å². The number of aryl methyl sites for hydroxylation is 1. The number of nitrogens with one attached hydrogen (secondary N) is 1. The Morgan fingerprint density at radius 2 is 2.11 bits per heavy atom. The minimum atomic E-state index is 0.266. The van der Waals surface area contributed by atoms with Crippen molar-refractivity contribution in [3.05, 3.63) is 29.3 Å². The van der Waals surface area contributed by atoms with Crippen LogP contribution >= 0.6 is 0 Å². The van der Waals surface area contributed by atoms with Gasteiger partial charge in [-0.25, -0.2) is 0 Å². The fourth-order valence-electron chi connectivity index (χ4n) is 1.92. The van der Waals surface area contributed by atoms with Crippen LogP contribution in [0.3, 0.4) is 0 Å². The Morgan fingerprint density at radius 1 is 1.33 bits per heavy atom. The zero-order valence-electron chi connectivity index (χ0n) is 11.6. The van der Waals surface area contributed by atoms with Gasteiger partial charge in [0.2, 0.25) is 0 Å². The molecule has 3 heteroatoms. The van der Waals surface area contributed by atoms with E-state index in [0.717, 1.165) is 31.7 Å². The predicted octanol–water partition coefficient (Wildman–Crippen LogP) is 2.50. The molecule has 0 heterocycles. The Bertz CT molecular complexity index is 388. The zero-order valence-corrected chi connectivity index (χ0v) is 11.6. The molecular weight excluding hydrogens is 226 g/mol. The van der Waals surface area contributed by atoms with Crippen molar-refractivity contribution in [2.75, 3.05) is 20.2 Å². The van der Waals surface area contributed by atoms with Crippen molar-refractivity contribution in [2.45, 2.75) is 33.1 Å². The highest BCUT2D eigenvalue weighted by atomic mass is 16.5. The van der Waals surface area contributed by atoms with Gasteiger partial charge in [0, 0.05) is 6.42 Å². The van der Waals surface area contributed by atoms with Gasteiger partial charge >= 0.3 is 0 Å². The van der Waals surface area contributed by atoms with E-state index in [2.05, 4.69) is 24.4 Å². The van der Waals surface area contributed by atoms with Crippen LogP contribution in [0.15, 0.2) is 18.2 Å². The van der Waals surface area contributed by atoms with Gasteiger partial charge in [-0.3, -0.25) is 0 Å². The number of hydrogen-bond acceptors (Lipinski definition) is 3. The van der Waals surface area contributed by atoms with E-state index in [1.165, 1.54) is 11.1 Å². The van der Waals surface area contributed by atoms with Gasteiger partial charge in [0.25, 0.3) is 0 Å². The van der Waals surface area contributed by atoms with Gasteiger partial charge in [-0.05, 0) is 57.0 Å². The number of methoxy groups -OCH3 is 1. The third-order valence-corrected chi connectivity index (χ3v) is 2.93. The lowest BCUT2D eigenvalue weighted by molar-refractivity contribution is -0.117. The molecule has 1 aromatic rings. The fourth-order valence-corrected chi connectivity index (χ4v) is 1.92. The summed E-state index contributed by atoms with van der Waals surface area (Å²) in [6, 6.07) is 6.28. The first kappa shape index (κ1) is 14.7. The van der Waals surface area contributed by atoms with E-state index in [-0.39, 0.29) is 5.78 Å². The van der Waals surface area contributed by atoms with Crippen LogP contribution in [0.25, 0.3) is 0 Å². The van der Waals surface area contributed by atoms with Crippen molar-refractivity contribution >= 4 is 5.78 Å². The highest BCUT2D eigenvalue weighted by molar-refractivity contribution is 5.75. The summed E-state index contributed by atoms with van der Waals surface area (Å²) in [4.78, 5) is 10.8. The summed E-state index contributed by atoms with van der Waals surface area (Å²) in [7, 11) is 1.69. The maximum absolute atomic E-state index is 10.8. The van der Waals surface area contributed by atoms with Crippen molar-refractivity contribution in [3.63, 3.8) is 0 Å². The molecule has 0 atom stereocenters. The topological polar surface area (TPSA) is 38.3 Å². The Kier molecular flexibility index (Phi) is 6.44. The monoisotopic (exact) mass is 249 g/mol. The Morgan fingerprint density at radius 3 is 2.72 bits per heavy atom. The first-order valence-electron chi connectivity index (χ1n) is 6.47. The molecule has 1 aromatic carbocycles. The Labute approximate surface area is 110 Å². The summed E-state index contributed by atoms with van der Waals surface area (Å²) in [6.45, 7) is 5.56. The largest absolute Gasteiger partial charge is 0.496 e. The summed E-state index contributed by atoms with van der Waals surface area (Å²) in [5, 5.41) is 3.35. The molecule has 0 saturated carbocycles. The van der Waals surface area contributed by atoms with Crippen LogP contribution < -0.4 is 10.1 Å². The van der Waals surface area contributed by atoms with Gasteiger partial charge in [0.15, 0.2) is 0 Å². The normalized spacial score (nSPS) is 10.4. The van der Waals surface area contributed by atoms with Gasteiger partial charge < -0.3 is 14.8 Å². The summed E-state index contributed by atoms with van der Waals surface area (Å²) in [6.07, 6.45) is 2.61. The van der Waals surface area contributed by atoms with Crippen LogP contribution in [0.5, 0.6) is 5.75 Å². The smallest absolute Gasteiger partial charge is 0.129 e. The number of carbonyl (C=O) groups is 1. The molecule has 1 rings (SSSR count). The molecule has 0 aromatic heterocycles. The maximum Gasteiger partial charge on any atom is 0.129 e. The van der Waals surface area contributed by atoms with E-state index in [1.54, 1.807) is 14.0 Å². The molecule has 1 N–H and O–H groups in total. The number of benzene rings is 1. The van der Waals surface area contributed by atoms with E-state index >= 15 is 0 Å². The molecule has 0 saturated heterocycles. The number of ketones is 1. The molecular formula is C15H23NO2. The summed E-state index contributed by atoms with van der Waals surface area (Å²) in [5.41, 5.74) is 2.49. The SMILES string of the molecule is COc1ccc(CCNCCCC(C)=O)cc1C. The van der Waals surface area contributed by atoms with E-state index in [1.807, 2.05) is 6.07 Å². The molecule has 0 aliphatic heterocycles. The van der Waals surface area contributed by atoms with Crippen LogP contribution in [0.1, 0.15) is 30.9 Å². The maximum atomic E-state index is 10.8. The third kappa shape index (κ3) is 5.32. The van der Waals surface area contributed by atoms with Crippen LogP contribution in [0, 0.1) is 6.92 Å². The van der Waals surface area contributed by atoms with E-state index in [4.69, 9.17) is 4.74 Å². The highest BCUT2D eigenvalue weighted by Crippen LogP contribution is 2.18. The summed E-state index contributed by atoms with van der Waals surface area (Å²) < 4.78 is 5.23. The molecule has 0 unspecified atom stereocenters. The minimum Gasteiger partial charge on any atom is -0.496 e. The van der Waals surface area contributed by atoms with Crippen molar-refractivity contribution in [3.8, 4) is 5.75 Å². The van der Waals surface area contributed by atoms with E-state index < -0.39 is 0 Å². The van der Waals surface area contributed by atoms with Crippen LogP contribution in [-0.2, 0) is 11.2 Å². The van der Waals surface area contributed by atoms with Crippen LogP contribution in [0.2, 0.25) is 0 Å². The number of hydrogen-bond donors (Lipinski definition) is 1. The van der Waals surface area contributed by atoms with Crippen LogP contribution in [-0.4, -0.2) is 26.0 Å². The average Bonchev–Trinajstić information content (AvgIpc) is 2.33. The fraction of sp³-hybridized carbons (Fsp3) is 0.533. The molecule has 0 aliphatic carbocycles.